The second-order valence-electron chi connectivity index (χ2n) is 5.26. The summed E-state index contributed by atoms with van der Waals surface area (Å²) in [5, 5.41) is 15.0. The zero-order valence-electron chi connectivity index (χ0n) is 12.8. The fourth-order valence-corrected chi connectivity index (χ4v) is 2.64. The summed E-state index contributed by atoms with van der Waals surface area (Å²) >= 11 is 6.21. The van der Waals surface area contributed by atoms with Gasteiger partial charge in [0.15, 0.2) is 6.20 Å². The number of rotatable bonds is 4. The van der Waals surface area contributed by atoms with Crippen LogP contribution in [0.3, 0.4) is 0 Å². The molecule has 0 unspecified atom stereocenters. The molecule has 120 valence electrons. The van der Waals surface area contributed by atoms with Crippen molar-refractivity contribution in [3.05, 3.63) is 94.4 Å². The molecule has 4 nitrogen and oxygen atoms in total. The first kappa shape index (κ1) is 16.0. The van der Waals surface area contributed by atoms with E-state index in [2.05, 4.69) is 5.32 Å². The van der Waals surface area contributed by atoms with Crippen LogP contribution in [-0.4, -0.2) is 5.91 Å². The average Bonchev–Trinajstić information content (AvgIpc) is 2.61. The van der Waals surface area contributed by atoms with Gasteiger partial charge in [-0.05, 0) is 29.8 Å². The molecule has 3 rings (SSSR count). The summed E-state index contributed by atoms with van der Waals surface area (Å²) in [5.74, 6) is -0.243. The number of nitrogens with zero attached hydrogens (tertiary/aromatic N) is 1. The summed E-state index contributed by atoms with van der Waals surface area (Å²) in [6.45, 7) is 0.166. The van der Waals surface area contributed by atoms with Gasteiger partial charge in [-0.1, -0.05) is 41.9 Å². The lowest BCUT2D eigenvalue weighted by Crippen LogP contribution is -2.35. The minimum atomic E-state index is -0.243. The fraction of sp³-hybridized carbons (Fsp3) is 0.0526. The van der Waals surface area contributed by atoms with E-state index in [4.69, 9.17) is 11.6 Å². The minimum Gasteiger partial charge on any atom is -0.618 e. The Bertz CT molecular complexity index is 881. The number of carbonyl (C=O) groups excluding carboxylic acids is 1. The molecular formula is C19H15ClN2O2. The lowest BCUT2D eigenvalue weighted by atomic mass is 10.0. The van der Waals surface area contributed by atoms with E-state index in [1.807, 2.05) is 36.4 Å². The summed E-state index contributed by atoms with van der Waals surface area (Å²) in [7, 11) is 0. The van der Waals surface area contributed by atoms with E-state index in [9.17, 15) is 10.0 Å². The van der Waals surface area contributed by atoms with E-state index >= 15 is 0 Å². The molecule has 0 bridgehead atoms. The normalized spacial score (nSPS) is 10.4. The van der Waals surface area contributed by atoms with Gasteiger partial charge in [-0.3, -0.25) is 4.79 Å². The van der Waals surface area contributed by atoms with Crippen LogP contribution in [0, 0.1) is 5.21 Å². The van der Waals surface area contributed by atoms with Crippen molar-refractivity contribution in [2.24, 2.45) is 0 Å². The van der Waals surface area contributed by atoms with Gasteiger partial charge in [0.1, 0.15) is 6.54 Å². The summed E-state index contributed by atoms with van der Waals surface area (Å²) < 4.78 is 0.737. The highest BCUT2D eigenvalue weighted by Crippen LogP contribution is 2.27. The summed E-state index contributed by atoms with van der Waals surface area (Å²) in [5.41, 5.74) is 2.73. The predicted octanol–water partition coefficient (Wildman–Crippen LogP) is 3.57. The molecule has 5 heteroatoms. The maximum atomic E-state index is 12.3. The van der Waals surface area contributed by atoms with Crippen molar-refractivity contribution in [1.29, 1.82) is 0 Å². The van der Waals surface area contributed by atoms with Gasteiger partial charge in [0.2, 0.25) is 5.69 Å². The number of nitrogens with one attached hydrogen (secondary N) is 1. The average molecular weight is 339 g/mol. The quantitative estimate of drug-likeness (QED) is 0.584. The number of pyridine rings is 1. The van der Waals surface area contributed by atoms with E-state index in [1.165, 1.54) is 6.20 Å². The van der Waals surface area contributed by atoms with Crippen molar-refractivity contribution in [3.8, 4) is 11.1 Å². The molecule has 1 aromatic heterocycles. The molecule has 0 atom stereocenters. The highest BCUT2D eigenvalue weighted by atomic mass is 35.5. The Morgan fingerprint density at radius 1 is 1.04 bits per heavy atom. The highest BCUT2D eigenvalue weighted by molar-refractivity contribution is 6.33. The van der Waals surface area contributed by atoms with Crippen LogP contribution < -0.4 is 10.0 Å². The highest BCUT2D eigenvalue weighted by Gasteiger charge is 2.11. The number of aromatic nitrogens is 1. The van der Waals surface area contributed by atoms with E-state index in [0.717, 1.165) is 15.9 Å². The van der Waals surface area contributed by atoms with Crippen molar-refractivity contribution in [2.45, 2.75) is 6.54 Å². The third-order valence-corrected chi connectivity index (χ3v) is 3.97. The van der Waals surface area contributed by atoms with E-state index in [0.29, 0.717) is 16.3 Å². The Morgan fingerprint density at radius 3 is 2.62 bits per heavy atom. The first-order valence-electron chi connectivity index (χ1n) is 7.45. The Hall–Kier alpha value is -2.85. The molecule has 2 aromatic carbocycles. The van der Waals surface area contributed by atoms with E-state index < -0.39 is 0 Å². The van der Waals surface area contributed by atoms with E-state index in [-0.39, 0.29) is 12.5 Å². The number of hydrogen-bond donors (Lipinski definition) is 1. The van der Waals surface area contributed by atoms with Crippen LogP contribution in [0.1, 0.15) is 16.1 Å². The number of amides is 1. The Kier molecular flexibility index (Phi) is 4.77. The summed E-state index contributed by atoms with van der Waals surface area (Å²) in [6, 6.07) is 19.8. The van der Waals surface area contributed by atoms with Crippen molar-refractivity contribution >= 4 is 17.5 Å². The number of carbonyl (C=O) groups is 1. The lowest BCUT2D eigenvalue weighted by molar-refractivity contribution is -0.614. The van der Waals surface area contributed by atoms with Gasteiger partial charge in [0, 0.05) is 28.3 Å². The molecule has 3 aromatic rings. The first-order valence-corrected chi connectivity index (χ1v) is 7.83. The molecule has 0 aliphatic rings. The number of halogens is 1. The van der Waals surface area contributed by atoms with Crippen LogP contribution in [0.2, 0.25) is 5.02 Å². The van der Waals surface area contributed by atoms with Gasteiger partial charge in [-0.15, -0.1) is 0 Å². The molecule has 0 saturated heterocycles. The van der Waals surface area contributed by atoms with Crippen LogP contribution in [0.4, 0.5) is 0 Å². The van der Waals surface area contributed by atoms with Crippen molar-refractivity contribution in [3.63, 3.8) is 0 Å². The molecule has 0 spiro atoms. The van der Waals surface area contributed by atoms with Gasteiger partial charge in [-0.25, -0.2) is 0 Å². The van der Waals surface area contributed by atoms with Crippen molar-refractivity contribution < 1.29 is 9.52 Å². The topological polar surface area (TPSA) is 56.0 Å². The van der Waals surface area contributed by atoms with Crippen molar-refractivity contribution in [2.75, 3.05) is 0 Å². The Balaban J connectivity index is 1.78. The standard InChI is InChI=1S/C19H15ClN2O2/c20-18-10-2-1-9-17(18)14-6-5-7-15(12-14)19(23)21-13-16-8-3-4-11-22(16)24/h1-12H,13H2,(H,21,23). The third kappa shape index (κ3) is 3.55. The number of hydrogen-bond acceptors (Lipinski definition) is 2. The zero-order valence-corrected chi connectivity index (χ0v) is 13.5. The van der Waals surface area contributed by atoms with E-state index in [1.54, 1.807) is 30.3 Å². The molecule has 0 aliphatic heterocycles. The monoisotopic (exact) mass is 338 g/mol. The third-order valence-electron chi connectivity index (χ3n) is 3.64. The SMILES string of the molecule is O=C(NCc1cccc[n+]1[O-])c1cccc(-c2ccccc2Cl)c1. The second kappa shape index (κ2) is 7.15. The second-order valence-corrected chi connectivity index (χ2v) is 5.67. The lowest BCUT2D eigenvalue weighted by Gasteiger charge is -2.08. The van der Waals surface area contributed by atoms with Crippen LogP contribution in [0.25, 0.3) is 11.1 Å². The zero-order chi connectivity index (χ0) is 16.9. The van der Waals surface area contributed by atoms with Crippen LogP contribution in [0.15, 0.2) is 72.9 Å². The fourth-order valence-electron chi connectivity index (χ4n) is 2.40. The maximum Gasteiger partial charge on any atom is 0.251 e. The van der Waals surface area contributed by atoms with Gasteiger partial charge in [0.05, 0.1) is 0 Å². The molecule has 0 fully saturated rings. The summed E-state index contributed by atoms with van der Waals surface area (Å²) in [6.07, 6.45) is 1.40. The smallest absolute Gasteiger partial charge is 0.251 e. The van der Waals surface area contributed by atoms with Gasteiger partial charge in [-0.2, -0.15) is 4.73 Å². The molecule has 0 radical (unpaired) electrons. The molecule has 0 saturated carbocycles. The molecule has 0 aliphatic carbocycles. The molecule has 1 amide bonds. The molecule has 1 N–H and O–H groups in total. The molecule has 24 heavy (non-hydrogen) atoms. The van der Waals surface area contributed by atoms with Crippen molar-refractivity contribution in [1.82, 2.24) is 5.32 Å². The first-order chi connectivity index (χ1) is 11.6. The van der Waals surface area contributed by atoms with Crippen LogP contribution >= 0.6 is 11.6 Å². The van der Waals surface area contributed by atoms with Crippen LogP contribution in [-0.2, 0) is 6.54 Å². The number of benzene rings is 2. The van der Waals surface area contributed by atoms with Gasteiger partial charge < -0.3 is 10.5 Å². The minimum absolute atomic E-state index is 0.166. The predicted molar refractivity (Wildman–Crippen MR) is 93.5 cm³/mol. The summed E-state index contributed by atoms with van der Waals surface area (Å²) in [4.78, 5) is 12.3. The maximum absolute atomic E-state index is 12.3. The largest absolute Gasteiger partial charge is 0.618 e. The Labute approximate surface area is 144 Å². The molecular weight excluding hydrogens is 324 g/mol. The van der Waals surface area contributed by atoms with Crippen LogP contribution in [0.5, 0.6) is 0 Å². The van der Waals surface area contributed by atoms with Gasteiger partial charge in [0.25, 0.3) is 5.91 Å². The Morgan fingerprint density at radius 2 is 1.83 bits per heavy atom. The molecule has 1 heterocycles. The van der Waals surface area contributed by atoms with Gasteiger partial charge >= 0.3 is 0 Å².